The minimum atomic E-state index is -2.88. The Morgan fingerprint density at radius 1 is 1.47 bits per heavy atom. The number of anilines is 1. The summed E-state index contributed by atoms with van der Waals surface area (Å²) in [4.78, 5) is 4.10. The number of hydrogen-bond donors (Lipinski definition) is 1. The molecule has 0 saturated carbocycles. The van der Waals surface area contributed by atoms with Crippen molar-refractivity contribution in [3.63, 3.8) is 0 Å². The Kier molecular flexibility index (Phi) is 2.60. The highest BCUT2D eigenvalue weighted by molar-refractivity contribution is 7.91. The second-order valence-corrected chi connectivity index (χ2v) is 6.30. The molecule has 2 rings (SSSR count). The number of nitrogens with zero attached hydrogens (tertiary/aromatic N) is 1. The van der Waals surface area contributed by atoms with Gasteiger partial charge in [-0.2, -0.15) is 0 Å². The Bertz CT molecular complexity index is 487. The first-order valence-electron chi connectivity index (χ1n) is 4.60. The van der Waals surface area contributed by atoms with Crippen molar-refractivity contribution in [3.8, 4) is 0 Å². The number of hydrogen-bond acceptors (Lipinski definition) is 4. The lowest BCUT2D eigenvalue weighted by Crippen LogP contribution is -2.05. The molecule has 15 heavy (non-hydrogen) atoms. The molecule has 0 aliphatic carbocycles. The minimum Gasteiger partial charge on any atom is -0.396 e. The summed E-state index contributed by atoms with van der Waals surface area (Å²) in [5, 5.41) is 0.247. The quantitative estimate of drug-likeness (QED) is 0.757. The summed E-state index contributed by atoms with van der Waals surface area (Å²) >= 11 is 5.78. The fraction of sp³-hybridized carbons (Fsp3) is 0.444. The van der Waals surface area contributed by atoms with Crippen molar-refractivity contribution < 1.29 is 8.42 Å². The highest BCUT2D eigenvalue weighted by atomic mass is 35.5. The van der Waals surface area contributed by atoms with Crippen LogP contribution in [0.3, 0.4) is 0 Å². The first kappa shape index (κ1) is 10.7. The van der Waals surface area contributed by atoms with Crippen LogP contribution in [0.5, 0.6) is 0 Å². The third-order valence-electron chi connectivity index (χ3n) is 2.55. The maximum Gasteiger partial charge on any atom is 0.152 e. The van der Waals surface area contributed by atoms with Gasteiger partial charge in [-0.1, -0.05) is 11.6 Å². The standard InChI is InChI=1S/C9H11ClN2O2S/c10-9-7(11)1-2-8(12-9)6-3-4-15(13,14)5-6/h1-2,6H,3-5,11H2. The molecule has 1 aliphatic heterocycles. The molecule has 6 heteroatoms. The summed E-state index contributed by atoms with van der Waals surface area (Å²) in [7, 11) is -2.88. The van der Waals surface area contributed by atoms with Gasteiger partial charge in [0.15, 0.2) is 15.0 Å². The van der Waals surface area contributed by atoms with Gasteiger partial charge >= 0.3 is 0 Å². The van der Waals surface area contributed by atoms with Gasteiger partial charge in [0.2, 0.25) is 0 Å². The normalized spacial score (nSPS) is 24.2. The second kappa shape index (κ2) is 3.64. The molecule has 4 nitrogen and oxygen atoms in total. The zero-order valence-electron chi connectivity index (χ0n) is 7.98. The average Bonchev–Trinajstić information content (AvgIpc) is 2.51. The first-order valence-corrected chi connectivity index (χ1v) is 6.80. The Morgan fingerprint density at radius 3 is 2.73 bits per heavy atom. The molecule has 1 saturated heterocycles. The molecule has 2 N–H and O–H groups in total. The molecule has 0 amide bonds. The maximum atomic E-state index is 11.3. The summed E-state index contributed by atoms with van der Waals surface area (Å²) in [5.74, 6) is 0.370. The molecule has 1 aromatic rings. The van der Waals surface area contributed by atoms with Crippen molar-refractivity contribution in [3.05, 3.63) is 23.0 Å². The SMILES string of the molecule is Nc1ccc(C2CCS(=O)(=O)C2)nc1Cl. The molecule has 1 aromatic heterocycles. The topological polar surface area (TPSA) is 73.1 Å². The number of halogens is 1. The second-order valence-electron chi connectivity index (χ2n) is 3.72. The zero-order chi connectivity index (χ0) is 11.1. The van der Waals surface area contributed by atoms with Crippen LogP contribution in [0.4, 0.5) is 5.69 Å². The summed E-state index contributed by atoms with van der Waals surface area (Å²) in [6.07, 6.45) is 0.621. The van der Waals surface area contributed by atoms with Crippen LogP contribution in [-0.4, -0.2) is 24.9 Å². The lowest BCUT2D eigenvalue weighted by molar-refractivity contribution is 0.601. The molecule has 0 spiro atoms. The van der Waals surface area contributed by atoms with Crippen LogP contribution in [0.1, 0.15) is 18.0 Å². The van der Waals surface area contributed by atoms with Gasteiger partial charge in [0, 0.05) is 11.6 Å². The lowest BCUT2D eigenvalue weighted by atomic mass is 10.0. The van der Waals surface area contributed by atoms with Crippen molar-refractivity contribution in [1.29, 1.82) is 0 Å². The van der Waals surface area contributed by atoms with Gasteiger partial charge in [0.1, 0.15) is 0 Å². The maximum absolute atomic E-state index is 11.3. The summed E-state index contributed by atoms with van der Waals surface area (Å²) in [5.41, 5.74) is 6.66. The summed E-state index contributed by atoms with van der Waals surface area (Å²) < 4.78 is 22.6. The third-order valence-corrected chi connectivity index (χ3v) is 4.62. The van der Waals surface area contributed by atoms with Crippen LogP contribution in [0.2, 0.25) is 5.15 Å². The smallest absolute Gasteiger partial charge is 0.152 e. The molecule has 1 fully saturated rings. The van der Waals surface area contributed by atoms with Crippen LogP contribution in [0, 0.1) is 0 Å². The zero-order valence-corrected chi connectivity index (χ0v) is 9.55. The molecular formula is C9H11ClN2O2S. The number of nitrogen functional groups attached to an aromatic ring is 1. The molecule has 0 aromatic carbocycles. The van der Waals surface area contributed by atoms with Gasteiger partial charge in [0.25, 0.3) is 0 Å². The Balaban J connectivity index is 2.28. The van der Waals surface area contributed by atoms with Gasteiger partial charge < -0.3 is 5.73 Å². The number of nitrogens with two attached hydrogens (primary N) is 1. The van der Waals surface area contributed by atoms with Crippen molar-refractivity contribution in [1.82, 2.24) is 4.98 Å². The summed E-state index contributed by atoms with van der Waals surface area (Å²) in [6.45, 7) is 0. The van der Waals surface area contributed by atoms with Crippen molar-refractivity contribution in [2.75, 3.05) is 17.2 Å². The van der Waals surface area contributed by atoms with E-state index in [1.54, 1.807) is 12.1 Å². The predicted molar refractivity (Wildman–Crippen MR) is 59.7 cm³/mol. The van der Waals surface area contributed by atoms with E-state index in [2.05, 4.69) is 4.98 Å². The Morgan fingerprint density at radius 2 is 2.20 bits per heavy atom. The van der Waals surface area contributed by atoms with Gasteiger partial charge in [-0.05, 0) is 18.6 Å². The van der Waals surface area contributed by atoms with E-state index in [1.807, 2.05) is 0 Å². The molecule has 1 unspecified atom stereocenters. The fourth-order valence-electron chi connectivity index (χ4n) is 1.71. The van der Waals surface area contributed by atoms with Gasteiger partial charge in [-0.3, -0.25) is 0 Å². The largest absolute Gasteiger partial charge is 0.396 e. The monoisotopic (exact) mass is 246 g/mol. The Labute approximate surface area is 93.4 Å². The highest BCUT2D eigenvalue weighted by Gasteiger charge is 2.30. The van der Waals surface area contributed by atoms with Crippen LogP contribution < -0.4 is 5.73 Å². The molecule has 0 bridgehead atoms. The van der Waals surface area contributed by atoms with E-state index in [1.165, 1.54) is 0 Å². The van der Waals surface area contributed by atoms with Crippen LogP contribution >= 0.6 is 11.6 Å². The number of aromatic nitrogens is 1. The average molecular weight is 247 g/mol. The van der Waals surface area contributed by atoms with E-state index in [4.69, 9.17) is 17.3 Å². The first-order chi connectivity index (χ1) is 6.98. The number of rotatable bonds is 1. The van der Waals surface area contributed by atoms with Crippen LogP contribution in [0.25, 0.3) is 0 Å². The van der Waals surface area contributed by atoms with E-state index in [-0.39, 0.29) is 22.6 Å². The molecule has 0 radical (unpaired) electrons. The van der Waals surface area contributed by atoms with E-state index in [0.29, 0.717) is 12.1 Å². The van der Waals surface area contributed by atoms with Crippen molar-refractivity contribution in [2.24, 2.45) is 0 Å². The van der Waals surface area contributed by atoms with Crippen molar-refractivity contribution in [2.45, 2.75) is 12.3 Å². The Hall–Kier alpha value is -0.810. The van der Waals surface area contributed by atoms with Gasteiger partial charge in [-0.25, -0.2) is 13.4 Å². The molecule has 1 aliphatic rings. The molecule has 82 valence electrons. The molecular weight excluding hydrogens is 236 g/mol. The molecule has 1 atom stereocenters. The highest BCUT2D eigenvalue weighted by Crippen LogP contribution is 2.29. The molecule has 2 heterocycles. The lowest BCUT2D eigenvalue weighted by Gasteiger charge is -2.07. The van der Waals surface area contributed by atoms with Crippen LogP contribution in [0.15, 0.2) is 12.1 Å². The predicted octanol–water partition coefficient (Wildman–Crippen LogP) is 1.22. The number of pyridine rings is 1. The minimum absolute atomic E-state index is 0.0342. The number of sulfone groups is 1. The van der Waals surface area contributed by atoms with Gasteiger partial charge in [0.05, 0.1) is 17.2 Å². The van der Waals surface area contributed by atoms with Crippen LogP contribution in [-0.2, 0) is 9.84 Å². The van der Waals surface area contributed by atoms with E-state index in [0.717, 1.165) is 5.69 Å². The van der Waals surface area contributed by atoms with E-state index < -0.39 is 9.84 Å². The van der Waals surface area contributed by atoms with E-state index >= 15 is 0 Å². The fourth-order valence-corrected chi connectivity index (χ4v) is 3.64. The van der Waals surface area contributed by atoms with E-state index in [9.17, 15) is 8.42 Å². The third kappa shape index (κ3) is 2.23. The summed E-state index contributed by atoms with van der Waals surface area (Å²) in [6, 6.07) is 3.41. The van der Waals surface area contributed by atoms with Gasteiger partial charge in [-0.15, -0.1) is 0 Å². The van der Waals surface area contributed by atoms with Crippen molar-refractivity contribution >= 4 is 27.1 Å².